The average Bonchev–Trinajstić information content (AvgIpc) is 3.25. The molecule has 0 atom stereocenters. The predicted molar refractivity (Wildman–Crippen MR) is 119 cm³/mol. The molecule has 2 aromatic heterocycles. The van der Waals surface area contributed by atoms with E-state index in [1.54, 1.807) is 37.5 Å². The number of ether oxygens (including phenoxy) is 2. The Morgan fingerprint density at radius 3 is 1.90 bits per heavy atom. The van der Waals surface area contributed by atoms with Gasteiger partial charge in [-0.15, -0.1) is 0 Å². The molecular weight excluding hydrogens is 392 g/mol. The van der Waals surface area contributed by atoms with E-state index in [1.807, 2.05) is 30.3 Å². The number of nitrogens with two attached hydrogens (primary N) is 1. The summed E-state index contributed by atoms with van der Waals surface area (Å²) in [6.45, 7) is 1.32. The number of imidazole rings is 1. The average molecular weight is 416 g/mol. The summed E-state index contributed by atoms with van der Waals surface area (Å²) in [5.74, 6) is 3.47. The highest BCUT2D eigenvalue weighted by atomic mass is 16.5. The molecule has 0 amide bonds. The number of nitrogens with zero attached hydrogens (tertiary/aromatic N) is 5. The lowest BCUT2D eigenvalue weighted by molar-refractivity contribution is 0.414. The van der Waals surface area contributed by atoms with Gasteiger partial charge in [-0.25, -0.2) is 15.0 Å². The minimum Gasteiger partial charge on any atom is -0.497 e. The minimum atomic E-state index is 0.376. The van der Waals surface area contributed by atoms with Crippen LogP contribution in [0, 0.1) is 0 Å². The van der Waals surface area contributed by atoms with E-state index >= 15 is 0 Å². The second-order valence-corrected chi connectivity index (χ2v) is 6.94. The van der Waals surface area contributed by atoms with E-state index in [0.717, 1.165) is 28.4 Å². The van der Waals surface area contributed by atoms with Crippen LogP contribution < -0.4 is 20.1 Å². The molecule has 31 heavy (non-hydrogen) atoms. The van der Waals surface area contributed by atoms with Gasteiger partial charge in [-0.3, -0.25) is 4.57 Å². The summed E-state index contributed by atoms with van der Waals surface area (Å²) in [5.41, 5.74) is 8.23. The Morgan fingerprint density at radius 2 is 1.42 bits per heavy atom. The van der Waals surface area contributed by atoms with Crippen LogP contribution >= 0.6 is 0 Å². The normalized spacial score (nSPS) is 10.6. The smallest absolute Gasteiger partial charge is 0.206 e. The molecule has 158 valence electrons. The molecule has 4 rings (SSSR count). The summed E-state index contributed by atoms with van der Waals surface area (Å²) < 4.78 is 12.3. The number of benzene rings is 2. The van der Waals surface area contributed by atoms with Crippen LogP contribution in [0.15, 0.2) is 73.3 Å². The van der Waals surface area contributed by atoms with Gasteiger partial charge < -0.3 is 20.1 Å². The molecule has 2 heterocycles. The third kappa shape index (κ3) is 4.75. The van der Waals surface area contributed by atoms with Crippen molar-refractivity contribution in [3.8, 4) is 17.3 Å². The minimum absolute atomic E-state index is 0.376. The molecule has 4 aromatic rings. The molecule has 0 aliphatic heterocycles. The number of rotatable bonds is 8. The lowest BCUT2D eigenvalue weighted by Crippen LogP contribution is -2.23. The molecular formula is C23H24N6O2. The molecule has 8 nitrogen and oxygen atoms in total. The summed E-state index contributed by atoms with van der Waals surface area (Å²) >= 11 is 0. The van der Waals surface area contributed by atoms with Crippen LogP contribution in [0.25, 0.3) is 5.82 Å². The fraction of sp³-hybridized carbons (Fsp3) is 0.174. The fourth-order valence-corrected chi connectivity index (χ4v) is 3.27. The summed E-state index contributed by atoms with van der Waals surface area (Å²) in [6.07, 6.45) is 4.96. The van der Waals surface area contributed by atoms with Gasteiger partial charge in [-0.1, -0.05) is 24.3 Å². The van der Waals surface area contributed by atoms with Gasteiger partial charge in [-0.05, 0) is 35.4 Å². The topological polar surface area (TPSA) is 91.3 Å². The van der Waals surface area contributed by atoms with E-state index in [4.69, 9.17) is 15.2 Å². The van der Waals surface area contributed by atoms with Crippen LogP contribution in [-0.4, -0.2) is 33.7 Å². The van der Waals surface area contributed by atoms with Crippen molar-refractivity contribution < 1.29 is 9.47 Å². The molecule has 0 fully saturated rings. The fourth-order valence-electron chi connectivity index (χ4n) is 3.27. The molecule has 0 aliphatic rings. The molecule has 2 N–H and O–H groups in total. The van der Waals surface area contributed by atoms with Gasteiger partial charge in [0.15, 0.2) is 0 Å². The van der Waals surface area contributed by atoms with Gasteiger partial charge in [0, 0.05) is 31.5 Å². The molecule has 8 heteroatoms. The van der Waals surface area contributed by atoms with Crippen molar-refractivity contribution in [1.29, 1.82) is 0 Å². The van der Waals surface area contributed by atoms with Gasteiger partial charge in [0.1, 0.15) is 29.5 Å². The van der Waals surface area contributed by atoms with Crippen LogP contribution in [0.3, 0.4) is 0 Å². The number of methoxy groups -OCH3 is 2. The van der Waals surface area contributed by atoms with Gasteiger partial charge in [0.25, 0.3) is 0 Å². The van der Waals surface area contributed by atoms with E-state index in [-0.39, 0.29) is 0 Å². The number of hydrogen-bond acceptors (Lipinski definition) is 7. The number of aromatic nitrogens is 4. The van der Waals surface area contributed by atoms with Crippen LogP contribution in [-0.2, 0) is 13.1 Å². The maximum absolute atomic E-state index is 5.95. The van der Waals surface area contributed by atoms with Crippen molar-refractivity contribution in [2.24, 2.45) is 0 Å². The summed E-state index contributed by atoms with van der Waals surface area (Å²) in [4.78, 5) is 15.1. The van der Waals surface area contributed by atoms with Crippen molar-refractivity contribution >= 4 is 11.8 Å². The Morgan fingerprint density at radius 1 is 0.839 bits per heavy atom. The molecule has 0 unspecified atom stereocenters. The van der Waals surface area contributed by atoms with Crippen molar-refractivity contribution in [3.05, 3.63) is 84.4 Å². The Hall–Kier alpha value is -4.07. The van der Waals surface area contributed by atoms with E-state index in [1.165, 1.54) is 0 Å². The van der Waals surface area contributed by atoms with Gasteiger partial charge in [0.05, 0.1) is 14.2 Å². The zero-order chi connectivity index (χ0) is 21.6. The standard InChI is InChI=1S/C23H24N6O2/c1-30-19-7-3-17(4-8-19)14-28(15-18-5-9-20(31-2)10-6-18)21-13-22(27-16-26-21)29-12-11-25-23(29)24/h3-13,16H,14-15H2,1-2H3,(H2,24,25). The highest BCUT2D eigenvalue weighted by molar-refractivity contribution is 5.47. The maximum Gasteiger partial charge on any atom is 0.206 e. The molecule has 0 saturated heterocycles. The Labute approximate surface area is 180 Å². The van der Waals surface area contributed by atoms with Crippen LogP contribution in [0.1, 0.15) is 11.1 Å². The molecule has 2 aromatic carbocycles. The van der Waals surface area contributed by atoms with Gasteiger partial charge in [0.2, 0.25) is 5.95 Å². The van der Waals surface area contributed by atoms with E-state index < -0.39 is 0 Å². The highest BCUT2D eigenvalue weighted by Gasteiger charge is 2.13. The van der Waals surface area contributed by atoms with Crippen molar-refractivity contribution in [1.82, 2.24) is 19.5 Å². The summed E-state index contributed by atoms with van der Waals surface area (Å²) in [6, 6.07) is 17.9. The first kappa shape index (κ1) is 20.2. The lowest BCUT2D eigenvalue weighted by Gasteiger charge is -2.24. The second-order valence-electron chi connectivity index (χ2n) is 6.94. The van der Waals surface area contributed by atoms with Gasteiger partial charge >= 0.3 is 0 Å². The van der Waals surface area contributed by atoms with Crippen molar-refractivity contribution in [3.63, 3.8) is 0 Å². The quantitative estimate of drug-likeness (QED) is 0.470. The first-order chi connectivity index (χ1) is 15.2. The third-order valence-corrected chi connectivity index (χ3v) is 4.94. The number of anilines is 2. The predicted octanol–water partition coefficient (Wildman–Crippen LogP) is 3.47. The lowest BCUT2D eigenvalue weighted by atomic mass is 10.1. The van der Waals surface area contributed by atoms with E-state index in [9.17, 15) is 0 Å². The zero-order valence-electron chi connectivity index (χ0n) is 17.5. The number of nitrogen functional groups attached to an aromatic ring is 1. The molecule has 0 saturated carbocycles. The Balaban J connectivity index is 1.66. The summed E-state index contributed by atoms with van der Waals surface area (Å²) in [5, 5.41) is 0. The van der Waals surface area contributed by atoms with Crippen LogP contribution in [0.5, 0.6) is 11.5 Å². The Kier molecular flexibility index (Phi) is 5.98. The van der Waals surface area contributed by atoms with E-state index in [2.05, 4.69) is 44.1 Å². The summed E-state index contributed by atoms with van der Waals surface area (Å²) in [7, 11) is 3.32. The first-order valence-electron chi connectivity index (χ1n) is 9.78. The maximum atomic E-state index is 5.95. The SMILES string of the molecule is COc1ccc(CN(Cc2ccc(OC)cc2)c2cc(-n3ccnc3N)ncn2)cc1. The van der Waals surface area contributed by atoms with Crippen molar-refractivity contribution in [2.45, 2.75) is 13.1 Å². The van der Waals surface area contributed by atoms with Crippen LogP contribution in [0.4, 0.5) is 11.8 Å². The molecule has 0 aliphatic carbocycles. The van der Waals surface area contributed by atoms with E-state index in [0.29, 0.717) is 24.9 Å². The van der Waals surface area contributed by atoms with Crippen molar-refractivity contribution in [2.75, 3.05) is 24.9 Å². The van der Waals surface area contributed by atoms with Gasteiger partial charge in [-0.2, -0.15) is 0 Å². The second kappa shape index (κ2) is 9.17. The monoisotopic (exact) mass is 416 g/mol. The largest absolute Gasteiger partial charge is 0.497 e. The Bertz CT molecular complexity index is 1080. The molecule has 0 bridgehead atoms. The third-order valence-electron chi connectivity index (χ3n) is 4.94. The molecule has 0 spiro atoms. The highest BCUT2D eigenvalue weighted by Crippen LogP contribution is 2.22. The number of hydrogen-bond donors (Lipinski definition) is 1. The zero-order valence-corrected chi connectivity index (χ0v) is 17.5. The first-order valence-corrected chi connectivity index (χ1v) is 9.78. The molecule has 0 radical (unpaired) electrons. The van der Waals surface area contributed by atoms with Crippen LogP contribution in [0.2, 0.25) is 0 Å².